The molecular formula is C21H21BrN4O4. The predicted molar refractivity (Wildman–Crippen MR) is 116 cm³/mol. The minimum atomic E-state index is -0.278. The van der Waals surface area contributed by atoms with Gasteiger partial charge in [0.1, 0.15) is 13.2 Å². The maximum Gasteiger partial charge on any atom is 0.323 e. The number of amides is 1. The summed E-state index contributed by atoms with van der Waals surface area (Å²) in [6, 6.07) is 9.72. The van der Waals surface area contributed by atoms with Gasteiger partial charge in [0.15, 0.2) is 11.5 Å². The molecule has 0 saturated carbocycles. The van der Waals surface area contributed by atoms with Gasteiger partial charge in [0.05, 0.1) is 23.3 Å². The van der Waals surface area contributed by atoms with E-state index in [9.17, 15) is 9.59 Å². The average Bonchev–Trinajstić information content (AvgIpc) is 3.33. The number of imidazole rings is 1. The molecule has 156 valence electrons. The zero-order chi connectivity index (χ0) is 20.7. The second kappa shape index (κ2) is 7.81. The fraction of sp³-hybridized carbons (Fsp3) is 0.333. The van der Waals surface area contributed by atoms with Gasteiger partial charge in [-0.2, -0.15) is 0 Å². The highest BCUT2D eigenvalue weighted by Gasteiger charge is 2.29. The van der Waals surface area contributed by atoms with Crippen molar-refractivity contribution in [2.45, 2.75) is 18.9 Å². The van der Waals surface area contributed by atoms with Crippen LogP contribution in [-0.2, 0) is 4.79 Å². The van der Waals surface area contributed by atoms with Gasteiger partial charge in [0.2, 0.25) is 5.91 Å². The van der Waals surface area contributed by atoms with Crippen molar-refractivity contribution in [2.75, 3.05) is 31.6 Å². The highest BCUT2D eigenvalue weighted by atomic mass is 79.9. The molecule has 2 aromatic carbocycles. The molecule has 5 rings (SSSR count). The molecule has 1 saturated heterocycles. The Morgan fingerprint density at radius 2 is 1.90 bits per heavy atom. The Kier molecular flexibility index (Phi) is 5.00. The molecule has 30 heavy (non-hydrogen) atoms. The number of hydrogen-bond acceptors (Lipinski definition) is 5. The molecule has 2 aliphatic heterocycles. The summed E-state index contributed by atoms with van der Waals surface area (Å²) in [4.78, 5) is 31.9. The van der Waals surface area contributed by atoms with Crippen LogP contribution in [-0.4, -0.2) is 47.1 Å². The van der Waals surface area contributed by atoms with Gasteiger partial charge in [-0.1, -0.05) is 6.07 Å². The van der Waals surface area contributed by atoms with Gasteiger partial charge >= 0.3 is 5.69 Å². The summed E-state index contributed by atoms with van der Waals surface area (Å²) in [5.74, 6) is 1.44. The summed E-state index contributed by atoms with van der Waals surface area (Å²) < 4.78 is 12.0. The van der Waals surface area contributed by atoms with Crippen molar-refractivity contribution < 1.29 is 14.3 Å². The lowest BCUT2D eigenvalue weighted by Crippen LogP contribution is -2.33. The monoisotopic (exact) mass is 472 g/mol. The van der Waals surface area contributed by atoms with Crippen molar-refractivity contribution in [3.05, 3.63) is 50.9 Å². The van der Waals surface area contributed by atoms with Crippen LogP contribution in [0.1, 0.15) is 24.4 Å². The number of aromatic amines is 2. The van der Waals surface area contributed by atoms with Crippen molar-refractivity contribution in [1.29, 1.82) is 0 Å². The number of nitrogens with zero attached hydrogens (tertiary/aromatic N) is 1. The average molecular weight is 473 g/mol. The van der Waals surface area contributed by atoms with Crippen molar-refractivity contribution in [2.24, 2.45) is 0 Å². The lowest BCUT2D eigenvalue weighted by molar-refractivity contribution is -0.117. The molecule has 1 amide bonds. The van der Waals surface area contributed by atoms with E-state index >= 15 is 0 Å². The Balaban J connectivity index is 1.30. The van der Waals surface area contributed by atoms with Crippen LogP contribution in [0.3, 0.4) is 0 Å². The van der Waals surface area contributed by atoms with E-state index < -0.39 is 0 Å². The van der Waals surface area contributed by atoms with E-state index in [4.69, 9.17) is 9.47 Å². The maximum atomic E-state index is 12.8. The quantitative estimate of drug-likeness (QED) is 0.541. The zero-order valence-electron chi connectivity index (χ0n) is 16.2. The first-order chi connectivity index (χ1) is 14.6. The van der Waals surface area contributed by atoms with Gasteiger partial charge in [0.25, 0.3) is 0 Å². The normalized spacial score (nSPS) is 18.6. The molecule has 0 radical (unpaired) electrons. The molecule has 0 spiro atoms. The summed E-state index contributed by atoms with van der Waals surface area (Å²) >= 11 is 3.46. The van der Waals surface area contributed by atoms with Crippen molar-refractivity contribution >= 4 is 38.6 Å². The van der Waals surface area contributed by atoms with Crippen LogP contribution in [0.2, 0.25) is 0 Å². The van der Waals surface area contributed by atoms with Gasteiger partial charge in [-0.25, -0.2) is 4.79 Å². The van der Waals surface area contributed by atoms with E-state index in [-0.39, 0.29) is 24.2 Å². The number of rotatable bonds is 4. The number of carbonyl (C=O) groups excluding carboxylic acids is 1. The van der Waals surface area contributed by atoms with Gasteiger partial charge in [-0.05, 0) is 65.1 Å². The summed E-state index contributed by atoms with van der Waals surface area (Å²) in [6.07, 6.45) is 2.03. The van der Waals surface area contributed by atoms with E-state index in [1.165, 1.54) is 0 Å². The molecule has 1 atom stereocenters. The molecule has 8 nitrogen and oxygen atoms in total. The molecule has 1 aromatic heterocycles. The highest BCUT2D eigenvalue weighted by molar-refractivity contribution is 9.10. The van der Waals surface area contributed by atoms with Gasteiger partial charge in [0, 0.05) is 10.5 Å². The van der Waals surface area contributed by atoms with E-state index in [0.29, 0.717) is 34.4 Å². The maximum absolute atomic E-state index is 12.8. The van der Waals surface area contributed by atoms with E-state index in [1.54, 1.807) is 12.1 Å². The molecule has 3 aromatic rings. The predicted octanol–water partition coefficient (Wildman–Crippen LogP) is 3.17. The summed E-state index contributed by atoms with van der Waals surface area (Å²) in [5, 5.41) is 2.95. The van der Waals surface area contributed by atoms with Crippen LogP contribution in [0.25, 0.3) is 11.0 Å². The molecule has 2 aliphatic rings. The summed E-state index contributed by atoms with van der Waals surface area (Å²) in [5.41, 5.74) is 2.81. The van der Waals surface area contributed by atoms with Gasteiger partial charge in [-0.3, -0.25) is 9.69 Å². The van der Waals surface area contributed by atoms with Crippen LogP contribution in [0, 0.1) is 0 Å². The van der Waals surface area contributed by atoms with Crippen LogP contribution in [0.4, 0.5) is 5.69 Å². The second-order valence-electron chi connectivity index (χ2n) is 7.54. The lowest BCUT2D eigenvalue weighted by Gasteiger charge is -2.26. The minimum Gasteiger partial charge on any atom is -0.486 e. The minimum absolute atomic E-state index is 0.0997. The fourth-order valence-electron chi connectivity index (χ4n) is 4.19. The van der Waals surface area contributed by atoms with Crippen molar-refractivity contribution in [1.82, 2.24) is 14.9 Å². The largest absolute Gasteiger partial charge is 0.486 e. The number of nitrogens with one attached hydrogen (secondary N) is 3. The molecule has 0 aliphatic carbocycles. The molecule has 9 heteroatoms. The van der Waals surface area contributed by atoms with E-state index in [2.05, 4.69) is 42.2 Å². The number of H-pyrrole nitrogens is 2. The summed E-state index contributed by atoms with van der Waals surface area (Å²) in [6.45, 7) is 2.27. The third kappa shape index (κ3) is 3.70. The lowest BCUT2D eigenvalue weighted by atomic mass is 10.0. The zero-order valence-corrected chi connectivity index (χ0v) is 17.8. The second-order valence-corrected chi connectivity index (χ2v) is 8.39. The third-order valence-electron chi connectivity index (χ3n) is 5.54. The number of fused-ring (bicyclic) bond motifs is 2. The summed E-state index contributed by atoms with van der Waals surface area (Å²) in [7, 11) is 0. The number of ether oxygens (including phenoxy) is 2. The molecule has 1 unspecified atom stereocenters. The Hall–Kier alpha value is -2.78. The van der Waals surface area contributed by atoms with Crippen LogP contribution in [0.5, 0.6) is 11.5 Å². The van der Waals surface area contributed by atoms with E-state index in [1.807, 2.05) is 12.1 Å². The number of benzene rings is 2. The molecular weight excluding hydrogens is 452 g/mol. The topological polar surface area (TPSA) is 99.4 Å². The van der Waals surface area contributed by atoms with Crippen LogP contribution in [0.15, 0.2) is 39.6 Å². The Bertz CT molecular complexity index is 1170. The Morgan fingerprint density at radius 3 is 2.73 bits per heavy atom. The van der Waals surface area contributed by atoms with Crippen molar-refractivity contribution in [3.63, 3.8) is 0 Å². The fourth-order valence-corrected chi connectivity index (χ4v) is 4.63. The number of anilines is 1. The number of carbonyl (C=O) groups is 1. The number of aromatic nitrogens is 2. The number of hydrogen-bond donors (Lipinski definition) is 3. The number of halogens is 1. The van der Waals surface area contributed by atoms with Gasteiger partial charge < -0.3 is 24.8 Å². The Labute approximate surface area is 180 Å². The third-order valence-corrected chi connectivity index (χ3v) is 6.20. The van der Waals surface area contributed by atoms with Crippen LogP contribution < -0.4 is 20.5 Å². The van der Waals surface area contributed by atoms with E-state index in [0.717, 1.165) is 36.4 Å². The standard InChI is InChI=1S/C21H21BrN4O4/c22-13-9-15-16(25-21(28)24-15)10-14(13)23-20(27)11-26-5-1-2-17(26)12-3-4-18-19(8-12)30-7-6-29-18/h3-4,8-10,17H,1-2,5-7,11H2,(H,23,27)(H2,24,25,28). The number of likely N-dealkylation sites (tertiary alicyclic amines) is 1. The van der Waals surface area contributed by atoms with Gasteiger partial charge in [-0.15, -0.1) is 0 Å². The molecule has 1 fully saturated rings. The smallest absolute Gasteiger partial charge is 0.323 e. The molecule has 0 bridgehead atoms. The first-order valence-corrected chi connectivity index (χ1v) is 10.7. The Morgan fingerprint density at radius 1 is 1.13 bits per heavy atom. The molecule has 3 heterocycles. The van der Waals surface area contributed by atoms with Crippen molar-refractivity contribution in [3.8, 4) is 11.5 Å². The molecule has 3 N–H and O–H groups in total. The highest BCUT2D eigenvalue weighted by Crippen LogP contribution is 2.38. The van der Waals surface area contributed by atoms with Crippen LogP contribution >= 0.6 is 15.9 Å². The SMILES string of the molecule is O=C(CN1CCCC1c1ccc2c(c1)OCCO2)Nc1cc2[nH]c(=O)[nH]c2cc1Br. The first-order valence-electron chi connectivity index (χ1n) is 9.92. The first kappa shape index (κ1) is 19.2.